The van der Waals surface area contributed by atoms with Crippen LogP contribution in [-0.4, -0.2) is 32.3 Å². The summed E-state index contributed by atoms with van der Waals surface area (Å²) >= 11 is 2.71. The standard InChI is InChI=1S/C26H23N5O4S2/c1-16-10-12-18(13-11-16)30-25(33)23-19-7-3-5-9-21(19)37-24(23)28-26(30)36-15-22(32)29-27-14-17-6-2-4-8-20(17)31(34)35/h2,4,6,8,10-14H,3,5,7,9,15H2,1H3,(H,29,32)/b27-14-. The number of para-hydroxylation sites is 1. The fourth-order valence-corrected chi connectivity index (χ4v) is 6.41. The number of nitro groups is 1. The van der Waals surface area contributed by atoms with E-state index in [9.17, 15) is 19.7 Å². The van der Waals surface area contributed by atoms with Gasteiger partial charge in [-0.05, 0) is 56.4 Å². The largest absolute Gasteiger partial charge is 0.278 e. The first kappa shape index (κ1) is 24.8. The molecule has 5 rings (SSSR count). The van der Waals surface area contributed by atoms with Crippen molar-refractivity contribution in [3.8, 4) is 5.69 Å². The Morgan fingerprint density at radius 2 is 1.97 bits per heavy atom. The molecule has 1 aliphatic carbocycles. The maximum atomic E-state index is 13.8. The molecule has 0 saturated heterocycles. The van der Waals surface area contributed by atoms with Crippen LogP contribution in [0, 0.1) is 17.0 Å². The van der Waals surface area contributed by atoms with Gasteiger partial charge in [-0.25, -0.2) is 10.4 Å². The summed E-state index contributed by atoms with van der Waals surface area (Å²) in [7, 11) is 0. The van der Waals surface area contributed by atoms with E-state index < -0.39 is 10.8 Å². The lowest BCUT2D eigenvalue weighted by atomic mass is 9.97. The Morgan fingerprint density at radius 1 is 1.22 bits per heavy atom. The van der Waals surface area contributed by atoms with E-state index in [1.165, 1.54) is 17.2 Å². The Hall–Kier alpha value is -3.83. The molecule has 1 N–H and O–H groups in total. The van der Waals surface area contributed by atoms with Gasteiger partial charge in [0.2, 0.25) is 0 Å². The highest BCUT2D eigenvalue weighted by atomic mass is 32.2. The van der Waals surface area contributed by atoms with Gasteiger partial charge in [-0.2, -0.15) is 5.10 Å². The molecule has 1 aliphatic rings. The number of nitrogens with one attached hydrogen (secondary N) is 1. The molecule has 4 aromatic rings. The molecule has 1 amide bonds. The smallest absolute Gasteiger partial charge is 0.272 e. The summed E-state index contributed by atoms with van der Waals surface area (Å²) in [6.07, 6.45) is 5.26. The molecule has 0 spiro atoms. The quantitative estimate of drug-likeness (QED) is 0.120. The summed E-state index contributed by atoms with van der Waals surface area (Å²) in [5.41, 5.74) is 5.34. The number of nitrogens with zero attached hydrogens (tertiary/aromatic N) is 4. The van der Waals surface area contributed by atoms with E-state index >= 15 is 0 Å². The monoisotopic (exact) mass is 533 g/mol. The predicted molar refractivity (Wildman–Crippen MR) is 146 cm³/mol. The number of amides is 1. The number of benzene rings is 2. The Labute approximate surface area is 220 Å². The highest BCUT2D eigenvalue weighted by Gasteiger charge is 2.23. The van der Waals surface area contributed by atoms with E-state index in [-0.39, 0.29) is 22.6 Å². The topological polar surface area (TPSA) is 119 Å². The number of carbonyl (C=O) groups is 1. The number of thiophene rings is 1. The zero-order valence-electron chi connectivity index (χ0n) is 20.0. The first-order valence-electron chi connectivity index (χ1n) is 11.7. The van der Waals surface area contributed by atoms with Crippen molar-refractivity contribution in [3.05, 3.63) is 90.6 Å². The number of hydrazone groups is 1. The number of hydrogen-bond donors (Lipinski definition) is 1. The van der Waals surface area contributed by atoms with Gasteiger partial charge >= 0.3 is 0 Å². The molecule has 2 aromatic heterocycles. The molecule has 11 heteroatoms. The highest BCUT2D eigenvalue weighted by Crippen LogP contribution is 2.35. The fourth-order valence-electron chi connectivity index (χ4n) is 4.30. The van der Waals surface area contributed by atoms with Crippen molar-refractivity contribution in [1.29, 1.82) is 0 Å². The number of aryl methyl sites for hydroxylation is 3. The van der Waals surface area contributed by atoms with Crippen LogP contribution in [0.1, 0.15) is 34.4 Å². The second-order valence-corrected chi connectivity index (χ2v) is 10.7. The van der Waals surface area contributed by atoms with E-state index in [4.69, 9.17) is 4.98 Å². The maximum absolute atomic E-state index is 13.8. The Morgan fingerprint density at radius 3 is 2.76 bits per heavy atom. The van der Waals surface area contributed by atoms with E-state index in [0.717, 1.165) is 48.6 Å². The third-order valence-corrected chi connectivity index (χ3v) is 8.23. The molecule has 0 fully saturated rings. The van der Waals surface area contributed by atoms with Crippen molar-refractivity contribution in [2.45, 2.75) is 37.8 Å². The second-order valence-electron chi connectivity index (χ2n) is 8.66. The summed E-state index contributed by atoms with van der Waals surface area (Å²) in [6.45, 7) is 1.98. The summed E-state index contributed by atoms with van der Waals surface area (Å²) < 4.78 is 1.58. The van der Waals surface area contributed by atoms with Crippen LogP contribution in [0.15, 0.2) is 63.6 Å². The minimum absolute atomic E-state index is 0.0386. The number of nitro benzene ring substituents is 1. The number of fused-ring (bicyclic) bond motifs is 3. The van der Waals surface area contributed by atoms with Crippen molar-refractivity contribution in [3.63, 3.8) is 0 Å². The number of aromatic nitrogens is 2. The first-order valence-corrected chi connectivity index (χ1v) is 13.5. The summed E-state index contributed by atoms with van der Waals surface area (Å²) in [6, 6.07) is 13.8. The van der Waals surface area contributed by atoms with Gasteiger partial charge in [0, 0.05) is 10.9 Å². The van der Waals surface area contributed by atoms with Crippen LogP contribution in [-0.2, 0) is 17.6 Å². The van der Waals surface area contributed by atoms with Gasteiger partial charge in [-0.1, -0.05) is 41.6 Å². The summed E-state index contributed by atoms with van der Waals surface area (Å²) in [5, 5.41) is 16.1. The van der Waals surface area contributed by atoms with Gasteiger partial charge in [0.15, 0.2) is 5.16 Å². The number of thioether (sulfide) groups is 1. The van der Waals surface area contributed by atoms with Gasteiger partial charge in [0.05, 0.1) is 33.5 Å². The van der Waals surface area contributed by atoms with E-state index in [1.807, 2.05) is 31.2 Å². The van der Waals surface area contributed by atoms with Crippen molar-refractivity contribution in [1.82, 2.24) is 15.0 Å². The molecule has 0 aliphatic heterocycles. The van der Waals surface area contributed by atoms with Crippen LogP contribution < -0.4 is 11.0 Å². The maximum Gasteiger partial charge on any atom is 0.278 e. The molecule has 2 aromatic carbocycles. The molecule has 0 bridgehead atoms. The minimum atomic E-state index is -0.506. The van der Waals surface area contributed by atoms with Crippen LogP contribution >= 0.6 is 23.1 Å². The van der Waals surface area contributed by atoms with Gasteiger partial charge in [-0.3, -0.25) is 24.3 Å². The Balaban J connectivity index is 1.42. The van der Waals surface area contributed by atoms with Gasteiger partial charge in [-0.15, -0.1) is 11.3 Å². The molecule has 2 heterocycles. The Kier molecular flexibility index (Phi) is 7.15. The first-order chi connectivity index (χ1) is 17.9. The highest BCUT2D eigenvalue weighted by molar-refractivity contribution is 7.99. The number of rotatable bonds is 7. The lowest BCUT2D eigenvalue weighted by Crippen LogP contribution is -2.24. The number of hydrogen-bond acceptors (Lipinski definition) is 8. The van der Waals surface area contributed by atoms with E-state index in [0.29, 0.717) is 21.1 Å². The van der Waals surface area contributed by atoms with Crippen LogP contribution in [0.4, 0.5) is 5.69 Å². The van der Waals surface area contributed by atoms with E-state index in [2.05, 4.69) is 10.5 Å². The normalized spacial score (nSPS) is 13.1. The Bertz CT molecular complexity index is 1590. The number of carbonyl (C=O) groups excluding carboxylic acids is 1. The van der Waals surface area contributed by atoms with Crippen LogP contribution in [0.25, 0.3) is 15.9 Å². The average molecular weight is 534 g/mol. The second kappa shape index (κ2) is 10.7. The van der Waals surface area contributed by atoms with Gasteiger partial charge in [0.25, 0.3) is 17.2 Å². The van der Waals surface area contributed by atoms with Crippen LogP contribution in [0.3, 0.4) is 0 Å². The molecule has 0 atom stereocenters. The van der Waals surface area contributed by atoms with Crippen molar-refractivity contribution >= 4 is 51.1 Å². The SMILES string of the molecule is Cc1ccc(-n2c(SCC(=O)N/N=C\c3ccccc3[N+](=O)[O-])nc3sc4c(c3c2=O)CCCC4)cc1. The zero-order chi connectivity index (χ0) is 25.9. The van der Waals surface area contributed by atoms with E-state index in [1.54, 1.807) is 34.1 Å². The van der Waals surface area contributed by atoms with Crippen molar-refractivity contribution < 1.29 is 9.72 Å². The summed E-state index contributed by atoms with van der Waals surface area (Å²) in [5.74, 6) is -0.460. The van der Waals surface area contributed by atoms with Crippen LogP contribution in [0.2, 0.25) is 0 Å². The molecule has 9 nitrogen and oxygen atoms in total. The van der Waals surface area contributed by atoms with Crippen molar-refractivity contribution in [2.75, 3.05) is 5.75 Å². The third kappa shape index (κ3) is 5.18. The zero-order valence-corrected chi connectivity index (χ0v) is 21.6. The molecule has 0 saturated carbocycles. The molecule has 0 radical (unpaired) electrons. The third-order valence-electron chi connectivity index (χ3n) is 6.11. The molecule has 0 unspecified atom stereocenters. The van der Waals surface area contributed by atoms with Crippen molar-refractivity contribution in [2.24, 2.45) is 5.10 Å². The molecule has 37 heavy (non-hydrogen) atoms. The predicted octanol–water partition coefficient (Wildman–Crippen LogP) is 4.79. The molecule has 188 valence electrons. The molecular weight excluding hydrogens is 510 g/mol. The molecular formula is C26H23N5O4S2. The fraction of sp³-hybridized carbons (Fsp3) is 0.231. The lowest BCUT2D eigenvalue weighted by molar-refractivity contribution is -0.385. The van der Waals surface area contributed by atoms with Gasteiger partial charge < -0.3 is 0 Å². The van der Waals surface area contributed by atoms with Gasteiger partial charge in [0.1, 0.15) is 4.83 Å². The minimum Gasteiger partial charge on any atom is -0.272 e. The van der Waals surface area contributed by atoms with Crippen LogP contribution in [0.5, 0.6) is 0 Å². The lowest BCUT2D eigenvalue weighted by Gasteiger charge is -2.13. The average Bonchev–Trinajstić information content (AvgIpc) is 3.27. The summed E-state index contributed by atoms with van der Waals surface area (Å²) in [4.78, 5) is 43.7.